The molecule has 2 aromatic rings. The fourth-order valence-electron chi connectivity index (χ4n) is 3.72. The van der Waals surface area contributed by atoms with E-state index >= 15 is 0 Å². The van der Waals surface area contributed by atoms with Crippen LogP contribution in [0, 0.1) is 0 Å². The number of carbonyl (C=O) groups excluding carboxylic acids is 1. The topological polar surface area (TPSA) is 61.8 Å². The first kappa shape index (κ1) is 24.5. The summed E-state index contributed by atoms with van der Waals surface area (Å²) in [4.78, 5) is 28.1. The van der Waals surface area contributed by atoms with Crippen molar-refractivity contribution in [2.45, 2.75) is 31.8 Å². The third-order valence-corrected chi connectivity index (χ3v) is 6.39. The van der Waals surface area contributed by atoms with Crippen LogP contribution in [0.15, 0.2) is 35.5 Å². The SMILES string of the molecule is CCCN(CCC)C(=O)CSc1nc(Cl)cc(N2CCN(c3ccc(OC)cc3)CC2)n1. The van der Waals surface area contributed by atoms with E-state index in [9.17, 15) is 4.79 Å². The van der Waals surface area contributed by atoms with Crippen molar-refractivity contribution in [1.82, 2.24) is 14.9 Å². The van der Waals surface area contributed by atoms with Gasteiger partial charge in [-0.1, -0.05) is 37.2 Å². The van der Waals surface area contributed by atoms with Crippen molar-refractivity contribution in [2.75, 3.05) is 61.9 Å². The van der Waals surface area contributed by atoms with E-state index in [1.54, 1.807) is 13.2 Å². The van der Waals surface area contributed by atoms with Gasteiger partial charge in [-0.05, 0) is 37.1 Å². The second-order valence-electron chi connectivity index (χ2n) is 7.67. The highest BCUT2D eigenvalue weighted by molar-refractivity contribution is 7.99. The first-order valence-electron chi connectivity index (χ1n) is 11.1. The number of rotatable bonds is 10. The van der Waals surface area contributed by atoms with Crippen molar-refractivity contribution in [3.05, 3.63) is 35.5 Å². The Balaban J connectivity index is 1.59. The molecule has 9 heteroatoms. The maximum atomic E-state index is 12.6. The van der Waals surface area contributed by atoms with Crippen molar-refractivity contribution in [1.29, 1.82) is 0 Å². The van der Waals surface area contributed by atoms with Crippen LogP contribution in [0.2, 0.25) is 5.15 Å². The Bertz CT molecular complexity index is 869. The molecule has 174 valence electrons. The largest absolute Gasteiger partial charge is 0.497 e. The summed E-state index contributed by atoms with van der Waals surface area (Å²) in [6.07, 6.45) is 1.91. The van der Waals surface area contributed by atoms with Crippen molar-refractivity contribution < 1.29 is 9.53 Å². The van der Waals surface area contributed by atoms with Gasteiger partial charge in [-0.2, -0.15) is 0 Å². The van der Waals surface area contributed by atoms with Crippen LogP contribution in [-0.2, 0) is 4.79 Å². The first-order chi connectivity index (χ1) is 15.5. The van der Waals surface area contributed by atoms with Gasteiger partial charge in [-0.3, -0.25) is 4.79 Å². The molecule has 0 saturated carbocycles. The maximum absolute atomic E-state index is 12.6. The highest BCUT2D eigenvalue weighted by Crippen LogP contribution is 2.25. The second-order valence-corrected chi connectivity index (χ2v) is 9.00. The predicted molar refractivity (Wildman–Crippen MR) is 132 cm³/mol. The fraction of sp³-hybridized carbons (Fsp3) is 0.522. The minimum Gasteiger partial charge on any atom is -0.497 e. The molecule has 0 radical (unpaired) electrons. The molecule has 7 nitrogen and oxygen atoms in total. The van der Waals surface area contributed by atoms with E-state index in [1.165, 1.54) is 17.4 Å². The van der Waals surface area contributed by atoms with Gasteiger partial charge in [-0.15, -0.1) is 0 Å². The highest BCUT2D eigenvalue weighted by Gasteiger charge is 2.20. The van der Waals surface area contributed by atoms with E-state index in [0.717, 1.165) is 63.7 Å². The van der Waals surface area contributed by atoms with E-state index in [2.05, 4.69) is 45.7 Å². The monoisotopic (exact) mass is 477 g/mol. The van der Waals surface area contributed by atoms with Crippen LogP contribution in [0.4, 0.5) is 11.5 Å². The minimum atomic E-state index is 0.122. The first-order valence-corrected chi connectivity index (χ1v) is 12.5. The Hall–Kier alpha value is -2.19. The summed E-state index contributed by atoms with van der Waals surface area (Å²) in [7, 11) is 1.68. The molecule has 1 saturated heterocycles. The summed E-state index contributed by atoms with van der Waals surface area (Å²) >= 11 is 7.65. The molecule has 0 unspecified atom stereocenters. The lowest BCUT2D eigenvalue weighted by molar-refractivity contribution is -0.128. The molecule has 0 bridgehead atoms. The summed E-state index contributed by atoms with van der Waals surface area (Å²) in [5, 5.41) is 0.952. The quantitative estimate of drug-likeness (QED) is 0.288. The van der Waals surface area contributed by atoms with Crippen LogP contribution in [0.1, 0.15) is 26.7 Å². The second kappa shape index (κ2) is 12.2. The van der Waals surface area contributed by atoms with Crippen LogP contribution >= 0.6 is 23.4 Å². The molecule has 0 aliphatic carbocycles. The number of hydrogen-bond donors (Lipinski definition) is 0. The standard InChI is InChI=1S/C23H32ClN5O2S/c1-4-10-29(11-5-2)22(30)17-32-23-25-20(24)16-21(26-23)28-14-12-27(13-15-28)18-6-8-19(31-3)9-7-18/h6-9,16H,4-5,10-15,17H2,1-3H3. The van der Waals surface area contributed by atoms with Crippen molar-refractivity contribution in [2.24, 2.45) is 0 Å². The van der Waals surface area contributed by atoms with Crippen LogP contribution in [0.25, 0.3) is 0 Å². The molecular formula is C23H32ClN5O2S. The third-order valence-electron chi connectivity index (χ3n) is 5.37. The average molecular weight is 478 g/mol. The number of methoxy groups -OCH3 is 1. The van der Waals surface area contributed by atoms with Gasteiger partial charge in [0.15, 0.2) is 5.16 Å². The number of piperazine rings is 1. The molecule has 0 spiro atoms. The number of carbonyl (C=O) groups is 1. The number of anilines is 2. The van der Waals surface area contributed by atoms with Crippen LogP contribution in [0.5, 0.6) is 5.75 Å². The zero-order valence-corrected chi connectivity index (χ0v) is 20.7. The summed E-state index contributed by atoms with van der Waals surface area (Å²) in [6, 6.07) is 9.94. The molecule has 32 heavy (non-hydrogen) atoms. The van der Waals surface area contributed by atoms with Gasteiger partial charge in [0.1, 0.15) is 16.7 Å². The molecule has 1 fully saturated rings. The summed E-state index contributed by atoms with van der Waals surface area (Å²) in [6.45, 7) is 9.19. The number of hydrogen-bond acceptors (Lipinski definition) is 7. The Labute approximate surface area is 200 Å². The van der Waals surface area contributed by atoms with Gasteiger partial charge in [0.05, 0.1) is 12.9 Å². The summed E-state index contributed by atoms with van der Waals surface area (Å²) in [5.41, 5.74) is 1.18. The zero-order chi connectivity index (χ0) is 22.9. The molecule has 1 aliphatic heterocycles. The Morgan fingerprint density at radius 3 is 2.28 bits per heavy atom. The van der Waals surface area contributed by atoms with Gasteiger partial charge in [-0.25, -0.2) is 9.97 Å². The number of aromatic nitrogens is 2. The lowest BCUT2D eigenvalue weighted by Gasteiger charge is -2.36. The number of amides is 1. The van der Waals surface area contributed by atoms with Crippen LogP contribution < -0.4 is 14.5 Å². The van der Waals surface area contributed by atoms with Gasteiger partial charge >= 0.3 is 0 Å². The minimum absolute atomic E-state index is 0.122. The molecule has 0 N–H and O–H groups in total. The lowest BCUT2D eigenvalue weighted by Crippen LogP contribution is -2.46. The average Bonchev–Trinajstić information content (AvgIpc) is 2.82. The maximum Gasteiger partial charge on any atom is 0.233 e. The molecule has 1 aliphatic rings. The van der Waals surface area contributed by atoms with Gasteiger partial charge in [0, 0.05) is 51.0 Å². The highest BCUT2D eigenvalue weighted by atomic mass is 35.5. The van der Waals surface area contributed by atoms with E-state index in [1.807, 2.05) is 17.0 Å². The van der Waals surface area contributed by atoms with Gasteiger partial charge in [0.2, 0.25) is 5.91 Å². The zero-order valence-electron chi connectivity index (χ0n) is 19.1. The van der Waals surface area contributed by atoms with Gasteiger partial charge in [0.25, 0.3) is 0 Å². The van der Waals surface area contributed by atoms with Crippen molar-refractivity contribution in [3.63, 3.8) is 0 Å². The van der Waals surface area contributed by atoms with E-state index in [0.29, 0.717) is 16.1 Å². The fourth-order valence-corrected chi connectivity index (χ4v) is 4.70. The molecule has 1 aromatic carbocycles. The van der Waals surface area contributed by atoms with E-state index in [4.69, 9.17) is 16.3 Å². The number of nitrogens with zero attached hydrogens (tertiary/aromatic N) is 5. The Morgan fingerprint density at radius 1 is 1.06 bits per heavy atom. The number of halogens is 1. The lowest BCUT2D eigenvalue weighted by atomic mass is 10.2. The third kappa shape index (κ3) is 6.65. The van der Waals surface area contributed by atoms with E-state index in [-0.39, 0.29) is 5.91 Å². The van der Waals surface area contributed by atoms with Crippen LogP contribution in [-0.4, -0.2) is 72.9 Å². The molecule has 3 rings (SSSR count). The van der Waals surface area contributed by atoms with Crippen LogP contribution in [0.3, 0.4) is 0 Å². The molecule has 0 atom stereocenters. The smallest absolute Gasteiger partial charge is 0.233 e. The molecule has 1 amide bonds. The predicted octanol–water partition coefficient (Wildman–Crippen LogP) is 4.21. The van der Waals surface area contributed by atoms with Crippen molar-refractivity contribution in [3.8, 4) is 5.75 Å². The molecule has 1 aromatic heterocycles. The van der Waals surface area contributed by atoms with E-state index < -0.39 is 0 Å². The Kier molecular flexibility index (Phi) is 9.29. The number of benzene rings is 1. The summed E-state index contributed by atoms with van der Waals surface area (Å²) < 4.78 is 5.25. The number of ether oxygens (including phenoxy) is 1. The number of thioether (sulfide) groups is 1. The van der Waals surface area contributed by atoms with Gasteiger partial charge < -0.3 is 19.4 Å². The van der Waals surface area contributed by atoms with Crippen molar-refractivity contribution >= 4 is 40.8 Å². The molecule has 2 heterocycles. The molecular weight excluding hydrogens is 446 g/mol. The summed E-state index contributed by atoms with van der Waals surface area (Å²) in [5.74, 6) is 2.12. The Morgan fingerprint density at radius 2 is 1.69 bits per heavy atom. The normalized spacial score (nSPS) is 13.9.